The number of nitrogens with zero attached hydrogens (tertiary/aromatic N) is 2. The zero-order chi connectivity index (χ0) is 19.6. The van der Waals surface area contributed by atoms with Crippen molar-refractivity contribution in [2.24, 2.45) is 10.9 Å². The second kappa shape index (κ2) is 13.3. The first-order valence-electron chi connectivity index (χ1n) is 10.8. The van der Waals surface area contributed by atoms with Crippen molar-refractivity contribution in [3.05, 3.63) is 29.8 Å². The van der Waals surface area contributed by atoms with E-state index in [1.54, 1.807) is 7.11 Å². The molecule has 0 bridgehead atoms. The Kier molecular flexibility index (Phi) is 11.1. The third-order valence-electron chi connectivity index (χ3n) is 5.53. The molecule has 0 amide bonds. The van der Waals surface area contributed by atoms with Gasteiger partial charge in [-0.3, -0.25) is 9.89 Å². The van der Waals surface area contributed by atoms with Crippen LogP contribution in [0, 0.1) is 5.92 Å². The van der Waals surface area contributed by atoms with Gasteiger partial charge in [0, 0.05) is 26.2 Å². The van der Waals surface area contributed by atoms with Crippen LogP contribution in [0.15, 0.2) is 29.3 Å². The smallest absolute Gasteiger partial charge is 0.191 e. The molecule has 2 fully saturated rings. The molecule has 1 heterocycles. The number of benzene rings is 1. The molecule has 3 rings (SSSR count). The first-order chi connectivity index (χ1) is 13.8. The van der Waals surface area contributed by atoms with E-state index in [1.165, 1.54) is 31.2 Å². The summed E-state index contributed by atoms with van der Waals surface area (Å²) >= 11 is 0. The van der Waals surface area contributed by atoms with Crippen LogP contribution in [-0.4, -0.2) is 63.9 Å². The molecule has 1 aliphatic heterocycles. The highest BCUT2D eigenvalue weighted by molar-refractivity contribution is 14.0. The normalized spacial score (nSPS) is 18.6. The lowest BCUT2D eigenvalue weighted by Crippen LogP contribution is -2.42. The molecular formula is C22H37IN4O2. The molecule has 6 nitrogen and oxygen atoms in total. The van der Waals surface area contributed by atoms with Gasteiger partial charge in [0.2, 0.25) is 0 Å². The van der Waals surface area contributed by atoms with Crippen molar-refractivity contribution in [3.8, 4) is 5.75 Å². The second-order valence-corrected chi connectivity index (χ2v) is 7.67. The molecule has 0 radical (unpaired) electrons. The number of ether oxygens (including phenoxy) is 2. The van der Waals surface area contributed by atoms with Crippen molar-refractivity contribution in [2.45, 2.75) is 38.6 Å². The number of methoxy groups -OCH3 is 1. The van der Waals surface area contributed by atoms with Crippen molar-refractivity contribution in [1.29, 1.82) is 0 Å². The van der Waals surface area contributed by atoms with Crippen molar-refractivity contribution in [2.75, 3.05) is 53.0 Å². The molecule has 1 aliphatic carbocycles. The van der Waals surface area contributed by atoms with E-state index in [0.717, 1.165) is 63.6 Å². The first kappa shape index (κ1) is 24.2. The van der Waals surface area contributed by atoms with Gasteiger partial charge in [0.1, 0.15) is 5.75 Å². The molecule has 1 saturated carbocycles. The number of aliphatic imine (C=N–C) groups is 1. The van der Waals surface area contributed by atoms with Gasteiger partial charge in [0.25, 0.3) is 0 Å². The van der Waals surface area contributed by atoms with E-state index in [1.807, 2.05) is 12.1 Å². The van der Waals surface area contributed by atoms with E-state index in [9.17, 15) is 0 Å². The number of guanidine groups is 1. The molecule has 29 heavy (non-hydrogen) atoms. The second-order valence-electron chi connectivity index (χ2n) is 7.67. The molecule has 1 aromatic rings. The van der Waals surface area contributed by atoms with Crippen LogP contribution in [0.5, 0.6) is 5.75 Å². The fraction of sp³-hybridized carbons (Fsp3) is 0.682. The molecule has 1 unspecified atom stereocenters. The summed E-state index contributed by atoms with van der Waals surface area (Å²) in [5.74, 6) is 2.80. The lowest BCUT2D eigenvalue weighted by atomic mass is 10.0. The molecule has 2 aliphatic rings. The zero-order valence-corrected chi connectivity index (χ0v) is 20.2. The number of nitrogens with one attached hydrogen (secondary N) is 2. The average Bonchev–Trinajstić information content (AvgIpc) is 3.57. The summed E-state index contributed by atoms with van der Waals surface area (Å²) in [4.78, 5) is 7.40. The van der Waals surface area contributed by atoms with Crippen molar-refractivity contribution >= 4 is 29.9 Å². The minimum absolute atomic E-state index is 0. The lowest BCUT2D eigenvalue weighted by Gasteiger charge is -2.34. The summed E-state index contributed by atoms with van der Waals surface area (Å²) in [6.45, 7) is 8.17. The van der Waals surface area contributed by atoms with Crippen molar-refractivity contribution in [3.63, 3.8) is 0 Å². The molecule has 0 aromatic heterocycles. The summed E-state index contributed by atoms with van der Waals surface area (Å²) in [5.41, 5.74) is 1.27. The van der Waals surface area contributed by atoms with Crippen LogP contribution < -0.4 is 15.4 Å². The summed E-state index contributed by atoms with van der Waals surface area (Å²) in [7, 11) is 1.70. The Morgan fingerprint density at radius 1 is 1.21 bits per heavy atom. The van der Waals surface area contributed by atoms with Gasteiger partial charge in [-0.25, -0.2) is 0 Å². The Labute approximate surface area is 192 Å². The largest absolute Gasteiger partial charge is 0.497 e. The predicted molar refractivity (Wildman–Crippen MR) is 129 cm³/mol. The van der Waals surface area contributed by atoms with Crippen LogP contribution in [0.2, 0.25) is 0 Å². The molecule has 1 saturated heterocycles. The van der Waals surface area contributed by atoms with Crippen LogP contribution in [0.1, 0.15) is 44.2 Å². The Balaban J connectivity index is 0.00000300. The van der Waals surface area contributed by atoms with Gasteiger partial charge in [0.15, 0.2) is 5.96 Å². The molecule has 1 atom stereocenters. The Bertz CT molecular complexity index is 601. The third kappa shape index (κ3) is 8.30. The first-order valence-corrected chi connectivity index (χ1v) is 10.8. The Morgan fingerprint density at radius 3 is 2.55 bits per heavy atom. The highest BCUT2D eigenvalue weighted by Crippen LogP contribution is 2.33. The minimum atomic E-state index is 0. The number of halogens is 1. The van der Waals surface area contributed by atoms with Gasteiger partial charge in [-0.2, -0.15) is 0 Å². The molecule has 1 aromatic carbocycles. The van der Waals surface area contributed by atoms with Crippen LogP contribution in [0.4, 0.5) is 0 Å². The van der Waals surface area contributed by atoms with Crippen LogP contribution in [-0.2, 0) is 4.74 Å². The van der Waals surface area contributed by atoms with Crippen LogP contribution >= 0.6 is 24.0 Å². The molecule has 164 valence electrons. The SMILES string of the molecule is CCNC(=NCC(c1ccc(OC)cc1)N1CCOCC1)NCCCC1CC1.I. The maximum absolute atomic E-state index is 5.55. The highest BCUT2D eigenvalue weighted by Gasteiger charge is 2.23. The summed E-state index contributed by atoms with van der Waals surface area (Å²) in [6.07, 6.45) is 5.42. The summed E-state index contributed by atoms with van der Waals surface area (Å²) in [5, 5.41) is 6.90. The summed E-state index contributed by atoms with van der Waals surface area (Å²) in [6, 6.07) is 8.63. The van der Waals surface area contributed by atoms with Gasteiger partial charge in [-0.15, -0.1) is 24.0 Å². The number of hydrogen-bond acceptors (Lipinski definition) is 4. The van der Waals surface area contributed by atoms with E-state index in [0.29, 0.717) is 0 Å². The fourth-order valence-electron chi connectivity index (χ4n) is 3.67. The van der Waals surface area contributed by atoms with Gasteiger partial charge >= 0.3 is 0 Å². The average molecular weight is 516 g/mol. The van der Waals surface area contributed by atoms with E-state index in [4.69, 9.17) is 14.5 Å². The molecule has 7 heteroatoms. The topological polar surface area (TPSA) is 58.1 Å². The zero-order valence-electron chi connectivity index (χ0n) is 17.9. The Morgan fingerprint density at radius 2 is 1.93 bits per heavy atom. The third-order valence-corrected chi connectivity index (χ3v) is 5.53. The maximum Gasteiger partial charge on any atom is 0.191 e. The fourth-order valence-corrected chi connectivity index (χ4v) is 3.67. The van der Waals surface area contributed by atoms with Gasteiger partial charge in [-0.1, -0.05) is 25.0 Å². The number of rotatable bonds is 10. The van der Waals surface area contributed by atoms with Crippen molar-refractivity contribution in [1.82, 2.24) is 15.5 Å². The quantitative estimate of drug-likeness (QED) is 0.216. The lowest BCUT2D eigenvalue weighted by molar-refractivity contribution is 0.0179. The standard InChI is InChI=1S/C22H36N4O2.HI/c1-3-23-22(24-12-4-5-18-6-7-18)25-17-21(26-13-15-28-16-14-26)19-8-10-20(27-2)11-9-19;/h8-11,18,21H,3-7,12-17H2,1-2H3,(H2,23,24,25);1H. The highest BCUT2D eigenvalue weighted by atomic mass is 127. The van der Waals surface area contributed by atoms with E-state index < -0.39 is 0 Å². The van der Waals surface area contributed by atoms with Crippen molar-refractivity contribution < 1.29 is 9.47 Å². The maximum atomic E-state index is 5.55. The Hall–Kier alpha value is -1.06. The van der Waals surface area contributed by atoms with Crippen LogP contribution in [0.25, 0.3) is 0 Å². The number of morpholine rings is 1. The van der Waals surface area contributed by atoms with E-state index >= 15 is 0 Å². The number of hydrogen-bond donors (Lipinski definition) is 2. The molecule has 0 spiro atoms. The summed E-state index contributed by atoms with van der Waals surface area (Å²) < 4.78 is 10.9. The van der Waals surface area contributed by atoms with Gasteiger partial charge in [0.05, 0.1) is 32.9 Å². The molecule has 2 N–H and O–H groups in total. The van der Waals surface area contributed by atoms with Gasteiger partial charge in [-0.05, 0) is 43.4 Å². The van der Waals surface area contributed by atoms with Crippen LogP contribution in [0.3, 0.4) is 0 Å². The van der Waals surface area contributed by atoms with E-state index in [2.05, 4.69) is 34.6 Å². The monoisotopic (exact) mass is 516 g/mol. The predicted octanol–water partition coefficient (Wildman–Crippen LogP) is 3.43. The van der Waals surface area contributed by atoms with E-state index in [-0.39, 0.29) is 30.0 Å². The van der Waals surface area contributed by atoms with Gasteiger partial charge < -0.3 is 20.1 Å². The molecular weight excluding hydrogens is 479 g/mol. The minimum Gasteiger partial charge on any atom is -0.497 e.